The number of fused-ring (bicyclic) bond motifs is 2. The molecule has 0 N–H and O–H groups in total. The molecule has 39 heavy (non-hydrogen) atoms. The number of hydrogen-bond acceptors (Lipinski definition) is 6. The molecule has 0 saturated carbocycles. The maximum absolute atomic E-state index is 13.3. The molecule has 208 valence electrons. The highest BCUT2D eigenvalue weighted by Crippen LogP contribution is 2.42. The first kappa shape index (κ1) is 27.4. The lowest BCUT2D eigenvalue weighted by molar-refractivity contribution is -0.0892. The maximum atomic E-state index is 13.3. The molecule has 4 heterocycles. The van der Waals surface area contributed by atoms with E-state index in [4.69, 9.17) is 0 Å². The first-order valence-corrected chi connectivity index (χ1v) is 14.6. The summed E-state index contributed by atoms with van der Waals surface area (Å²) in [5.74, 6) is -2.10. The number of likely N-dealkylation sites (N-methyl/N-ethyl adjacent to an activating group) is 1. The summed E-state index contributed by atoms with van der Waals surface area (Å²) in [6, 6.07) is 12.1. The summed E-state index contributed by atoms with van der Waals surface area (Å²) in [6.45, 7) is 1.47. The molecule has 1 aromatic carbocycles. The van der Waals surface area contributed by atoms with Gasteiger partial charge < -0.3 is 9.47 Å². The topological polar surface area (TPSA) is 82.9 Å². The quantitative estimate of drug-likeness (QED) is 0.423. The number of nitrogens with zero attached hydrogens (tertiary/aromatic N) is 4. The minimum Gasteiger partial charge on any atom is -0.339 e. The van der Waals surface area contributed by atoms with E-state index < -0.39 is 27.5 Å². The minimum atomic E-state index is -4.95. The Bertz CT molecular complexity index is 1490. The fourth-order valence-electron chi connectivity index (χ4n) is 5.51. The number of halogens is 3. The standard InChI is InChI=1S/C26H27F3N4O4S2/c1-30-15-16-33-20(23(34)26(27,28)29)9-10-21(33)25(30)11-13-32(14-12-25)24(35)18-5-7-19(8-6-18)39(36,37)31(2)22-4-3-17-38-22/h3-10,17H,11-16H2,1-2H3. The number of rotatable bonds is 5. The van der Waals surface area contributed by atoms with Gasteiger partial charge in [-0.25, -0.2) is 8.42 Å². The average Bonchev–Trinajstić information content (AvgIpc) is 3.60. The van der Waals surface area contributed by atoms with E-state index in [1.807, 2.05) is 7.05 Å². The van der Waals surface area contributed by atoms with Crippen LogP contribution in [0.15, 0.2) is 58.8 Å². The fraction of sp³-hybridized carbons (Fsp3) is 0.385. The van der Waals surface area contributed by atoms with E-state index in [1.165, 1.54) is 57.6 Å². The number of sulfonamides is 1. The molecule has 5 rings (SSSR count). The highest BCUT2D eigenvalue weighted by Gasteiger charge is 2.48. The van der Waals surface area contributed by atoms with Crippen LogP contribution in [-0.2, 0) is 22.1 Å². The number of hydrogen-bond donors (Lipinski definition) is 0. The zero-order valence-electron chi connectivity index (χ0n) is 21.3. The summed E-state index contributed by atoms with van der Waals surface area (Å²) < 4.78 is 68.0. The van der Waals surface area contributed by atoms with Gasteiger partial charge in [-0.05, 0) is 73.8 Å². The van der Waals surface area contributed by atoms with Crippen LogP contribution >= 0.6 is 11.3 Å². The molecule has 3 aromatic rings. The lowest BCUT2D eigenvalue weighted by Crippen LogP contribution is -2.56. The van der Waals surface area contributed by atoms with E-state index in [9.17, 15) is 31.2 Å². The summed E-state index contributed by atoms with van der Waals surface area (Å²) in [5, 5.41) is 2.36. The fourth-order valence-corrected chi connectivity index (χ4v) is 7.63. The van der Waals surface area contributed by atoms with Crippen LogP contribution < -0.4 is 4.31 Å². The van der Waals surface area contributed by atoms with E-state index in [0.717, 1.165) is 0 Å². The zero-order valence-corrected chi connectivity index (χ0v) is 22.9. The highest BCUT2D eigenvalue weighted by molar-refractivity contribution is 7.93. The van der Waals surface area contributed by atoms with Gasteiger partial charge in [-0.1, -0.05) is 0 Å². The number of amides is 1. The second-order valence-electron chi connectivity index (χ2n) is 9.78. The van der Waals surface area contributed by atoms with Crippen LogP contribution in [0.25, 0.3) is 0 Å². The van der Waals surface area contributed by atoms with Crippen LogP contribution in [0.3, 0.4) is 0 Å². The van der Waals surface area contributed by atoms with Crippen LogP contribution in [0.1, 0.15) is 39.4 Å². The van der Waals surface area contributed by atoms with Crippen LogP contribution in [0.2, 0.25) is 0 Å². The zero-order chi connectivity index (χ0) is 28.2. The van der Waals surface area contributed by atoms with Crippen LogP contribution in [0.4, 0.5) is 18.2 Å². The first-order valence-electron chi connectivity index (χ1n) is 12.3. The largest absolute Gasteiger partial charge is 0.456 e. The maximum Gasteiger partial charge on any atom is 0.456 e. The van der Waals surface area contributed by atoms with Gasteiger partial charge in [-0.2, -0.15) is 13.2 Å². The first-order chi connectivity index (χ1) is 18.4. The van der Waals surface area contributed by atoms with E-state index in [2.05, 4.69) is 4.90 Å². The van der Waals surface area contributed by atoms with Crippen LogP contribution in [0, 0.1) is 0 Å². The molecular weight excluding hydrogens is 553 g/mol. The van der Waals surface area contributed by atoms with E-state index >= 15 is 0 Å². The smallest absolute Gasteiger partial charge is 0.339 e. The molecule has 0 radical (unpaired) electrons. The lowest BCUT2D eigenvalue weighted by atomic mass is 9.81. The van der Waals surface area contributed by atoms with E-state index in [1.54, 1.807) is 28.5 Å². The SMILES string of the molecule is CN1CCn2c(C(=O)C(F)(F)F)ccc2C12CCN(C(=O)c1ccc(S(=O)(=O)N(C)c3cccs3)cc1)CC2. The van der Waals surface area contributed by atoms with Gasteiger partial charge in [-0.15, -0.1) is 11.3 Å². The summed E-state index contributed by atoms with van der Waals surface area (Å²) >= 11 is 1.30. The Morgan fingerprint density at radius 3 is 2.23 bits per heavy atom. The molecule has 2 aliphatic rings. The average molecular weight is 581 g/mol. The van der Waals surface area contributed by atoms with Gasteiger partial charge in [0.2, 0.25) is 0 Å². The summed E-state index contributed by atoms with van der Waals surface area (Å²) in [6.07, 6.45) is -3.98. The molecule has 8 nitrogen and oxygen atoms in total. The molecule has 2 aromatic heterocycles. The van der Waals surface area contributed by atoms with Gasteiger partial charge >= 0.3 is 6.18 Å². The molecule has 0 atom stereocenters. The van der Waals surface area contributed by atoms with Gasteiger partial charge in [0.1, 0.15) is 5.00 Å². The number of carbonyl (C=O) groups excluding carboxylic acids is 2. The molecule has 13 heteroatoms. The minimum absolute atomic E-state index is 0.0707. The van der Waals surface area contributed by atoms with Crippen molar-refractivity contribution >= 4 is 38.1 Å². The molecule has 1 spiro atoms. The molecule has 1 saturated heterocycles. The number of piperidine rings is 1. The monoisotopic (exact) mass is 580 g/mol. The number of Topliss-reactive ketones (excluding diaryl/α,β-unsaturated/α-hetero) is 1. The molecule has 0 aliphatic carbocycles. The van der Waals surface area contributed by atoms with Crippen molar-refractivity contribution in [2.24, 2.45) is 0 Å². The number of ketones is 1. The summed E-state index contributed by atoms with van der Waals surface area (Å²) in [7, 11) is -0.394. The number of thiophene rings is 1. The predicted molar refractivity (Wildman–Crippen MR) is 141 cm³/mol. The number of benzene rings is 1. The normalized spacial score (nSPS) is 17.7. The van der Waals surface area contributed by atoms with Crippen molar-refractivity contribution in [2.75, 3.05) is 38.0 Å². The van der Waals surface area contributed by atoms with E-state index in [0.29, 0.717) is 48.7 Å². The Kier molecular flexibility index (Phi) is 6.88. The van der Waals surface area contributed by atoms with Crippen molar-refractivity contribution in [3.63, 3.8) is 0 Å². The van der Waals surface area contributed by atoms with Gasteiger partial charge in [0.05, 0.1) is 16.1 Å². The van der Waals surface area contributed by atoms with Crippen molar-refractivity contribution in [3.05, 3.63) is 70.9 Å². The van der Waals surface area contributed by atoms with Gasteiger partial charge in [0, 0.05) is 44.5 Å². The number of aromatic nitrogens is 1. The predicted octanol–water partition coefficient (Wildman–Crippen LogP) is 4.20. The Balaban J connectivity index is 1.31. The van der Waals surface area contributed by atoms with Crippen LogP contribution in [-0.4, -0.2) is 74.4 Å². The number of likely N-dealkylation sites (tertiary alicyclic amines) is 1. The molecule has 1 fully saturated rings. The third kappa shape index (κ3) is 4.66. The molecule has 2 aliphatic heterocycles. The number of anilines is 1. The Morgan fingerprint density at radius 1 is 0.974 bits per heavy atom. The van der Waals surface area contributed by atoms with Crippen molar-refractivity contribution in [1.29, 1.82) is 0 Å². The summed E-state index contributed by atoms with van der Waals surface area (Å²) in [4.78, 5) is 29.1. The van der Waals surface area contributed by atoms with E-state index in [-0.39, 0.29) is 23.0 Å². The van der Waals surface area contributed by atoms with Crippen molar-refractivity contribution in [3.8, 4) is 0 Å². The van der Waals surface area contributed by atoms with Crippen molar-refractivity contribution in [1.82, 2.24) is 14.4 Å². The molecular formula is C26H27F3N4O4S2. The molecule has 0 bridgehead atoms. The molecule has 1 amide bonds. The third-order valence-corrected chi connectivity index (χ3v) is 10.6. The van der Waals surface area contributed by atoms with Gasteiger partial charge in [0.25, 0.3) is 21.7 Å². The molecule has 0 unspecified atom stereocenters. The third-order valence-electron chi connectivity index (χ3n) is 7.79. The lowest BCUT2D eigenvalue weighted by Gasteiger charge is -2.50. The van der Waals surface area contributed by atoms with Crippen LogP contribution in [0.5, 0.6) is 0 Å². The number of alkyl halides is 3. The summed E-state index contributed by atoms with van der Waals surface area (Å²) in [5.41, 5.74) is 0.0504. The second-order valence-corrected chi connectivity index (χ2v) is 12.7. The van der Waals surface area contributed by atoms with Crippen molar-refractivity contribution < 1.29 is 31.2 Å². The number of carbonyl (C=O) groups is 2. The van der Waals surface area contributed by atoms with Gasteiger partial charge in [0.15, 0.2) is 0 Å². The Labute approximate surface area is 228 Å². The Hall–Kier alpha value is -3.16. The Morgan fingerprint density at radius 2 is 1.64 bits per heavy atom. The second kappa shape index (κ2) is 9.79. The van der Waals surface area contributed by atoms with Crippen molar-refractivity contribution in [2.45, 2.75) is 36.0 Å². The van der Waals surface area contributed by atoms with Gasteiger partial charge in [-0.3, -0.25) is 18.8 Å². The highest BCUT2D eigenvalue weighted by atomic mass is 32.2.